The van der Waals surface area contributed by atoms with Crippen LogP contribution in [-0.4, -0.2) is 35.8 Å². The highest BCUT2D eigenvalue weighted by atomic mass is 16.2. The summed E-state index contributed by atoms with van der Waals surface area (Å²) in [7, 11) is 0. The molecule has 3 aromatic carbocycles. The van der Waals surface area contributed by atoms with Crippen LogP contribution in [-0.2, 0) is 0 Å². The molecule has 4 nitrogen and oxygen atoms in total. The van der Waals surface area contributed by atoms with Crippen LogP contribution in [0.4, 0.5) is 0 Å². The maximum Gasteiger partial charge on any atom is 0.254 e. The summed E-state index contributed by atoms with van der Waals surface area (Å²) >= 11 is 0. The number of amides is 2. The fourth-order valence-corrected chi connectivity index (χ4v) is 3.92. The van der Waals surface area contributed by atoms with E-state index in [1.165, 1.54) is 0 Å². The third kappa shape index (κ3) is 4.43. The maximum atomic E-state index is 12.8. The Morgan fingerprint density at radius 1 is 0.800 bits per heavy atom. The van der Waals surface area contributed by atoms with E-state index >= 15 is 0 Å². The molecule has 4 heteroatoms. The van der Waals surface area contributed by atoms with Gasteiger partial charge in [0.2, 0.25) is 0 Å². The van der Waals surface area contributed by atoms with Gasteiger partial charge in [0.1, 0.15) is 0 Å². The number of carbonyl (C=O) groups excluding carboxylic acids is 2. The molecule has 1 heterocycles. The van der Waals surface area contributed by atoms with Gasteiger partial charge in [-0.05, 0) is 54.7 Å². The van der Waals surface area contributed by atoms with Gasteiger partial charge in [-0.15, -0.1) is 0 Å². The normalized spacial score (nSPS) is 14.4. The number of rotatable bonds is 4. The molecule has 0 aromatic heterocycles. The Kier molecular flexibility index (Phi) is 5.94. The molecule has 1 aliphatic rings. The fourth-order valence-electron chi connectivity index (χ4n) is 3.92. The zero-order valence-corrected chi connectivity index (χ0v) is 17.2. The molecular formula is C26H26N2O2. The topological polar surface area (TPSA) is 49.4 Å². The van der Waals surface area contributed by atoms with Crippen molar-refractivity contribution in [3.8, 4) is 11.1 Å². The maximum absolute atomic E-state index is 12.8. The summed E-state index contributed by atoms with van der Waals surface area (Å²) in [5.74, 6) is 0.0210. The van der Waals surface area contributed by atoms with Crippen LogP contribution in [0, 0.1) is 6.92 Å². The minimum Gasteiger partial charge on any atom is -0.349 e. The smallest absolute Gasteiger partial charge is 0.254 e. The van der Waals surface area contributed by atoms with Crippen LogP contribution in [0.25, 0.3) is 11.1 Å². The van der Waals surface area contributed by atoms with E-state index in [2.05, 4.69) is 17.4 Å². The number of benzene rings is 3. The van der Waals surface area contributed by atoms with Gasteiger partial charge in [0.05, 0.1) is 0 Å². The van der Waals surface area contributed by atoms with Crippen LogP contribution >= 0.6 is 0 Å². The summed E-state index contributed by atoms with van der Waals surface area (Å²) in [6.07, 6.45) is 1.54. The molecule has 4 rings (SSSR count). The first kappa shape index (κ1) is 19.9. The number of piperidine rings is 1. The molecule has 0 unspecified atom stereocenters. The molecule has 1 aliphatic heterocycles. The second-order valence-corrected chi connectivity index (χ2v) is 7.80. The Bertz CT molecular complexity index is 1020. The first-order valence-corrected chi connectivity index (χ1v) is 10.4. The van der Waals surface area contributed by atoms with Crippen molar-refractivity contribution < 1.29 is 9.59 Å². The lowest BCUT2D eigenvalue weighted by Crippen LogP contribution is -2.46. The number of nitrogens with zero attached hydrogens (tertiary/aromatic N) is 1. The molecule has 0 bridgehead atoms. The quantitative estimate of drug-likeness (QED) is 0.693. The van der Waals surface area contributed by atoms with E-state index in [1.807, 2.05) is 78.6 Å². The SMILES string of the molecule is Cc1ccccc1C(=O)N1CCC(NC(=O)c2ccc(-c3ccccc3)cc2)CC1. The average molecular weight is 399 g/mol. The van der Waals surface area contributed by atoms with Crippen molar-refractivity contribution in [2.45, 2.75) is 25.8 Å². The molecule has 152 valence electrons. The molecule has 0 radical (unpaired) electrons. The van der Waals surface area contributed by atoms with Crippen molar-refractivity contribution in [1.82, 2.24) is 10.2 Å². The van der Waals surface area contributed by atoms with Crippen molar-refractivity contribution in [1.29, 1.82) is 0 Å². The molecule has 0 atom stereocenters. The van der Waals surface area contributed by atoms with E-state index in [-0.39, 0.29) is 17.9 Å². The minimum atomic E-state index is -0.0571. The van der Waals surface area contributed by atoms with Gasteiger partial charge in [0.25, 0.3) is 11.8 Å². The Hall–Kier alpha value is -3.40. The van der Waals surface area contributed by atoms with Crippen molar-refractivity contribution in [3.05, 3.63) is 95.6 Å². The molecule has 3 aromatic rings. The number of aryl methyl sites for hydroxylation is 1. The van der Waals surface area contributed by atoms with Gasteiger partial charge >= 0.3 is 0 Å². The Labute approximate surface area is 177 Å². The standard InChI is InChI=1S/C26H26N2O2/c1-19-7-5-6-10-24(19)26(30)28-17-15-23(16-18-28)27-25(29)22-13-11-21(12-14-22)20-8-3-2-4-9-20/h2-14,23H,15-18H2,1H3,(H,27,29). The summed E-state index contributed by atoms with van der Waals surface area (Å²) in [6.45, 7) is 3.28. The molecule has 1 fully saturated rings. The second kappa shape index (κ2) is 8.95. The lowest BCUT2D eigenvalue weighted by molar-refractivity contribution is 0.0697. The monoisotopic (exact) mass is 398 g/mol. The number of likely N-dealkylation sites (tertiary alicyclic amines) is 1. The number of carbonyl (C=O) groups is 2. The highest BCUT2D eigenvalue weighted by Crippen LogP contribution is 2.20. The van der Waals surface area contributed by atoms with Crippen molar-refractivity contribution in [3.63, 3.8) is 0 Å². The Balaban J connectivity index is 1.32. The highest BCUT2D eigenvalue weighted by molar-refractivity contribution is 5.96. The van der Waals surface area contributed by atoms with Gasteiger partial charge in [-0.1, -0.05) is 60.7 Å². The predicted molar refractivity (Wildman–Crippen MR) is 119 cm³/mol. The van der Waals surface area contributed by atoms with Crippen molar-refractivity contribution in [2.24, 2.45) is 0 Å². The van der Waals surface area contributed by atoms with E-state index in [0.717, 1.165) is 35.1 Å². The summed E-state index contributed by atoms with van der Waals surface area (Å²) < 4.78 is 0. The zero-order chi connectivity index (χ0) is 20.9. The van der Waals surface area contributed by atoms with Crippen molar-refractivity contribution in [2.75, 3.05) is 13.1 Å². The molecular weight excluding hydrogens is 372 g/mol. The van der Waals surface area contributed by atoms with E-state index in [0.29, 0.717) is 18.7 Å². The van der Waals surface area contributed by atoms with E-state index < -0.39 is 0 Å². The van der Waals surface area contributed by atoms with E-state index in [1.54, 1.807) is 0 Å². The van der Waals surface area contributed by atoms with Crippen LogP contribution < -0.4 is 5.32 Å². The fraction of sp³-hybridized carbons (Fsp3) is 0.231. The molecule has 0 saturated carbocycles. The lowest BCUT2D eigenvalue weighted by Gasteiger charge is -2.32. The minimum absolute atomic E-state index is 0.0571. The van der Waals surface area contributed by atoms with Crippen molar-refractivity contribution >= 4 is 11.8 Å². The zero-order valence-electron chi connectivity index (χ0n) is 17.2. The molecule has 30 heavy (non-hydrogen) atoms. The lowest BCUT2D eigenvalue weighted by atomic mass is 10.0. The van der Waals surface area contributed by atoms with Crippen LogP contribution in [0.1, 0.15) is 39.1 Å². The Morgan fingerprint density at radius 2 is 1.40 bits per heavy atom. The van der Waals surface area contributed by atoms with Gasteiger partial charge in [0, 0.05) is 30.3 Å². The summed E-state index contributed by atoms with van der Waals surface area (Å²) in [6, 6.07) is 25.6. The van der Waals surface area contributed by atoms with E-state index in [9.17, 15) is 9.59 Å². The summed E-state index contributed by atoms with van der Waals surface area (Å²) in [4.78, 5) is 27.3. The first-order chi connectivity index (χ1) is 14.6. The number of hydrogen-bond acceptors (Lipinski definition) is 2. The van der Waals surface area contributed by atoms with Gasteiger partial charge in [-0.3, -0.25) is 9.59 Å². The second-order valence-electron chi connectivity index (χ2n) is 7.80. The molecule has 1 N–H and O–H groups in total. The third-order valence-corrected chi connectivity index (χ3v) is 5.75. The van der Waals surface area contributed by atoms with Crippen LogP contribution in [0.3, 0.4) is 0 Å². The largest absolute Gasteiger partial charge is 0.349 e. The molecule has 0 aliphatic carbocycles. The Morgan fingerprint density at radius 3 is 2.07 bits per heavy atom. The first-order valence-electron chi connectivity index (χ1n) is 10.4. The summed E-state index contributed by atoms with van der Waals surface area (Å²) in [5, 5.41) is 3.13. The summed E-state index contributed by atoms with van der Waals surface area (Å²) in [5.41, 5.74) is 4.65. The third-order valence-electron chi connectivity index (χ3n) is 5.75. The van der Waals surface area contributed by atoms with Crippen LogP contribution in [0.15, 0.2) is 78.9 Å². The van der Waals surface area contributed by atoms with Gasteiger partial charge < -0.3 is 10.2 Å². The average Bonchev–Trinajstić information content (AvgIpc) is 2.80. The van der Waals surface area contributed by atoms with Crippen LogP contribution in [0.5, 0.6) is 0 Å². The van der Waals surface area contributed by atoms with Crippen LogP contribution in [0.2, 0.25) is 0 Å². The molecule has 0 spiro atoms. The number of hydrogen-bond donors (Lipinski definition) is 1. The number of nitrogens with one attached hydrogen (secondary N) is 1. The molecule has 2 amide bonds. The predicted octanol–water partition coefficient (Wildman–Crippen LogP) is 4.70. The highest BCUT2D eigenvalue weighted by Gasteiger charge is 2.25. The van der Waals surface area contributed by atoms with Gasteiger partial charge in [-0.25, -0.2) is 0 Å². The van der Waals surface area contributed by atoms with Gasteiger partial charge in [-0.2, -0.15) is 0 Å². The van der Waals surface area contributed by atoms with Gasteiger partial charge in [0.15, 0.2) is 0 Å². The molecule has 1 saturated heterocycles. The van der Waals surface area contributed by atoms with E-state index in [4.69, 9.17) is 0 Å².